The third-order valence-electron chi connectivity index (χ3n) is 4.34. The summed E-state index contributed by atoms with van der Waals surface area (Å²) < 4.78 is 5.20. The van der Waals surface area contributed by atoms with Crippen molar-refractivity contribution in [2.45, 2.75) is 12.5 Å². The minimum absolute atomic E-state index is 0.0362. The Balaban J connectivity index is 1.50. The molecule has 1 aliphatic rings. The Labute approximate surface area is 148 Å². The molecular formula is C19H24N4O2. The first kappa shape index (κ1) is 17.2. The fraction of sp³-hybridized carbons (Fsp3) is 0.368. The van der Waals surface area contributed by atoms with Gasteiger partial charge >= 0.3 is 0 Å². The number of carbonyl (C=O) groups excluding carboxylic acids is 1. The van der Waals surface area contributed by atoms with Gasteiger partial charge in [0.1, 0.15) is 11.8 Å². The minimum Gasteiger partial charge on any atom is -0.497 e. The summed E-state index contributed by atoms with van der Waals surface area (Å²) in [6.45, 7) is 2.91. The predicted octanol–water partition coefficient (Wildman–Crippen LogP) is 1.23. The molecule has 0 saturated carbocycles. The van der Waals surface area contributed by atoms with Crippen molar-refractivity contribution < 1.29 is 9.53 Å². The monoisotopic (exact) mass is 340 g/mol. The van der Waals surface area contributed by atoms with Gasteiger partial charge in [0.15, 0.2) is 0 Å². The zero-order valence-electron chi connectivity index (χ0n) is 14.4. The molecule has 6 nitrogen and oxygen atoms in total. The van der Waals surface area contributed by atoms with Gasteiger partial charge in [-0.3, -0.25) is 9.78 Å². The van der Waals surface area contributed by atoms with Gasteiger partial charge in [-0.15, -0.1) is 0 Å². The van der Waals surface area contributed by atoms with E-state index in [2.05, 4.69) is 20.5 Å². The van der Waals surface area contributed by atoms with E-state index >= 15 is 0 Å². The lowest BCUT2D eigenvalue weighted by Crippen LogP contribution is -2.57. The number of ether oxygens (including phenoxy) is 1. The Bertz CT molecular complexity index is 676. The summed E-state index contributed by atoms with van der Waals surface area (Å²) >= 11 is 0. The first-order chi connectivity index (χ1) is 12.3. The summed E-state index contributed by atoms with van der Waals surface area (Å²) in [5.74, 6) is 0.872. The van der Waals surface area contributed by atoms with Gasteiger partial charge in [0.2, 0.25) is 5.91 Å². The number of carbonyl (C=O) groups is 1. The van der Waals surface area contributed by atoms with Crippen LogP contribution in [0.3, 0.4) is 0 Å². The van der Waals surface area contributed by atoms with E-state index in [0.717, 1.165) is 36.6 Å². The molecule has 2 aromatic rings. The molecule has 0 spiro atoms. The van der Waals surface area contributed by atoms with Crippen molar-refractivity contribution in [1.29, 1.82) is 0 Å². The quantitative estimate of drug-likeness (QED) is 0.828. The summed E-state index contributed by atoms with van der Waals surface area (Å²) in [6.07, 6.45) is 2.51. The van der Waals surface area contributed by atoms with Gasteiger partial charge in [-0.05, 0) is 36.4 Å². The number of nitrogens with zero attached hydrogens (tertiary/aromatic N) is 2. The van der Waals surface area contributed by atoms with Crippen LogP contribution in [0.1, 0.15) is 5.69 Å². The van der Waals surface area contributed by atoms with Crippen molar-refractivity contribution in [2.24, 2.45) is 0 Å². The molecule has 1 aliphatic heterocycles. The highest BCUT2D eigenvalue weighted by atomic mass is 16.5. The number of pyridine rings is 1. The highest BCUT2D eigenvalue weighted by Gasteiger charge is 2.25. The van der Waals surface area contributed by atoms with E-state index in [1.165, 1.54) is 0 Å². The van der Waals surface area contributed by atoms with Gasteiger partial charge in [0.25, 0.3) is 0 Å². The molecule has 1 amide bonds. The van der Waals surface area contributed by atoms with Crippen molar-refractivity contribution >= 4 is 11.6 Å². The number of methoxy groups -OCH3 is 1. The molecule has 1 aromatic heterocycles. The van der Waals surface area contributed by atoms with Crippen molar-refractivity contribution in [1.82, 2.24) is 15.6 Å². The highest BCUT2D eigenvalue weighted by Crippen LogP contribution is 2.20. The van der Waals surface area contributed by atoms with E-state index in [0.29, 0.717) is 13.1 Å². The lowest BCUT2D eigenvalue weighted by Gasteiger charge is -2.34. The van der Waals surface area contributed by atoms with Crippen LogP contribution in [-0.2, 0) is 11.2 Å². The molecule has 132 valence electrons. The molecule has 25 heavy (non-hydrogen) atoms. The molecule has 1 fully saturated rings. The molecule has 0 bridgehead atoms. The number of hydrogen-bond acceptors (Lipinski definition) is 5. The Morgan fingerprint density at radius 1 is 1.32 bits per heavy atom. The Morgan fingerprint density at radius 3 is 2.88 bits per heavy atom. The van der Waals surface area contributed by atoms with Crippen LogP contribution in [-0.4, -0.2) is 50.2 Å². The lowest BCUT2D eigenvalue weighted by molar-refractivity contribution is -0.123. The van der Waals surface area contributed by atoms with E-state index in [1.807, 2.05) is 42.5 Å². The molecule has 1 aromatic carbocycles. The molecule has 0 unspecified atom stereocenters. The normalized spacial score (nSPS) is 17.2. The molecular weight excluding hydrogens is 316 g/mol. The molecule has 0 radical (unpaired) electrons. The summed E-state index contributed by atoms with van der Waals surface area (Å²) in [4.78, 5) is 18.9. The van der Waals surface area contributed by atoms with Crippen LogP contribution in [0, 0.1) is 0 Å². The maximum Gasteiger partial charge on any atom is 0.238 e. The second-order valence-electron chi connectivity index (χ2n) is 6.01. The number of anilines is 1. The van der Waals surface area contributed by atoms with E-state index < -0.39 is 0 Å². The Kier molecular flexibility index (Phi) is 5.85. The third-order valence-corrected chi connectivity index (χ3v) is 4.34. The van der Waals surface area contributed by atoms with Gasteiger partial charge in [0.05, 0.1) is 7.11 Å². The van der Waals surface area contributed by atoms with Crippen molar-refractivity contribution in [2.75, 3.05) is 38.2 Å². The molecule has 2 heterocycles. The van der Waals surface area contributed by atoms with Crippen LogP contribution in [0.25, 0.3) is 0 Å². The van der Waals surface area contributed by atoms with Gasteiger partial charge in [-0.25, -0.2) is 0 Å². The van der Waals surface area contributed by atoms with Gasteiger partial charge in [-0.1, -0.05) is 6.07 Å². The fourth-order valence-corrected chi connectivity index (χ4v) is 2.94. The molecule has 6 heteroatoms. The van der Waals surface area contributed by atoms with Crippen molar-refractivity contribution in [3.63, 3.8) is 0 Å². The molecule has 1 saturated heterocycles. The molecule has 1 atom stereocenters. The Hall–Kier alpha value is -2.60. The number of piperazine rings is 1. The topological polar surface area (TPSA) is 66.5 Å². The maximum atomic E-state index is 12.4. The minimum atomic E-state index is -0.209. The molecule has 2 N–H and O–H groups in total. The maximum absolute atomic E-state index is 12.4. The number of nitrogens with one attached hydrogen (secondary N) is 2. The van der Waals surface area contributed by atoms with Gasteiger partial charge in [0, 0.05) is 50.2 Å². The molecule has 3 rings (SSSR count). The second kappa shape index (κ2) is 8.48. The summed E-state index contributed by atoms with van der Waals surface area (Å²) in [5.41, 5.74) is 2.09. The number of amides is 1. The van der Waals surface area contributed by atoms with Crippen molar-refractivity contribution in [3.05, 3.63) is 54.4 Å². The zero-order chi connectivity index (χ0) is 17.5. The van der Waals surface area contributed by atoms with E-state index in [1.54, 1.807) is 13.3 Å². The largest absolute Gasteiger partial charge is 0.497 e. The number of rotatable bonds is 6. The van der Waals surface area contributed by atoms with E-state index in [4.69, 9.17) is 4.74 Å². The van der Waals surface area contributed by atoms with Crippen LogP contribution < -0.4 is 20.3 Å². The predicted molar refractivity (Wildman–Crippen MR) is 97.9 cm³/mol. The fourth-order valence-electron chi connectivity index (χ4n) is 2.94. The summed E-state index contributed by atoms with van der Waals surface area (Å²) in [6, 6.07) is 13.6. The average Bonchev–Trinajstić information content (AvgIpc) is 2.69. The third kappa shape index (κ3) is 4.70. The van der Waals surface area contributed by atoms with Gasteiger partial charge in [-0.2, -0.15) is 0 Å². The zero-order valence-corrected chi connectivity index (χ0v) is 14.4. The van der Waals surface area contributed by atoms with Crippen LogP contribution in [0.15, 0.2) is 48.7 Å². The smallest absolute Gasteiger partial charge is 0.238 e. The summed E-state index contributed by atoms with van der Waals surface area (Å²) in [7, 11) is 1.66. The van der Waals surface area contributed by atoms with Crippen LogP contribution >= 0.6 is 0 Å². The number of hydrogen-bond donors (Lipinski definition) is 2. The number of aromatic nitrogens is 1. The standard InChI is InChI=1S/C19H24N4O2/c1-25-17-7-5-16(6-8-17)23-13-12-21-18(14-23)19(24)22-11-9-15-4-2-3-10-20-15/h2-8,10,18,21H,9,11-14H2,1H3,(H,22,24)/t18-/m0/s1. The van der Waals surface area contributed by atoms with E-state index in [9.17, 15) is 4.79 Å². The molecule has 0 aliphatic carbocycles. The Morgan fingerprint density at radius 2 is 2.16 bits per heavy atom. The average molecular weight is 340 g/mol. The van der Waals surface area contributed by atoms with Crippen LogP contribution in [0.5, 0.6) is 5.75 Å². The van der Waals surface area contributed by atoms with Crippen LogP contribution in [0.4, 0.5) is 5.69 Å². The summed E-state index contributed by atoms with van der Waals surface area (Å²) in [5, 5.41) is 6.30. The van der Waals surface area contributed by atoms with Crippen LogP contribution in [0.2, 0.25) is 0 Å². The number of benzene rings is 1. The first-order valence-electron chi connectivity index (χ1n) is 8.56. The highest BCUT2D eigenvalue weighted by molar-refractivity contribution is 5.82. The first-order valence-corrected chi connectivity index (χ1v) is 8.56. The lowest BCUT2D eigenvalue weighted by atomic mass is 10.1. The van der Waals surface area contributed by atoms with Gasteiger partial charge < -0.3 is 20.3 Å². The SMILES string of the molecule is COc1ccc(N2CCN[C@H](C(=O)NCCc3ccccn3)C2)cc1. The van der Waals surface area contributed by atoms with E-state index in [-0.39, 0.29) is 11.9 Å². The van der Waals surface area contributed by atoms with Crippen molar-refractivity contribution in [3.8, 4) is 5.75 Å². The second-order valence-corrected chi connectivity index (χ2v) is 6.01.